The number of nitrogens with two attached hydrogens (primary N) is 5. The van der Waals surface area contributed by atoms with E-state index in [1.165, 1.54) is 93.4 Å². The number of hydrogen-bond acceptors (Lipinski definition) is 49. The zero-order chi connectivity index (χ0) is 100. The first kappa shape index (κ1) is 108. The average Bonchev–Trinajstić information content (AvgIpc) is 1.82. The van der Waals surface area contributed by atoms with Crippen molar-refractivity contribution < 1.29 is 145 Å². The van der Waals surface area contributed by atoms with Gasteiger partial charge in [0.1, 0.15) is 133 Å². The number of thiol groups is 1. The van der Waals surface area contributed by atoms with E-state index in [9.17, 15) is 53.2 Å². The third-order valence-corrected chi connectivity index (χ3v) is 30.1. The van der Waals surface area contributed by atoms with E-state index >= 15 is 4.57 Å². The average molecular weight is 2140 g/mol. The molecule has 57 nitrogen and oxygen atoms in total. The number of rotatable bonds is 48. The summed E-state index contributed by atoms with van der Waals surface area (Å²) >= 11 is 21.6. The van der Waals surface area contributed by atoms with Crippen molar-refractivity contribution in [2.75, 3.05) is 143 Å². The molecule has 0 spiro atoms. The first-order valence-electron chi connectivity index (χ1n) is 42.6. The molecule has 768 valence electrons. The Morgan fingerprint density at radius 3 is 1.25 bits per heavy atom. The number of fused-ring (bicyclic) bond motifs is 2. The highest BCUT2D eigenvalue weighted by molar-refractivity contribution is 8.44. The lowest BCUT2D eigenvalue weighted by molar-refractivity contribution is -0.0838. The lowest BCUT2D eigenvalue weighted by Gasteiger charge is -2.30. The minimum absolute atomic E-state index is 0.0112. The highest BCUT2D eigenvalue weighted by atomic mass is 32.7. The second-order valence-corrected chi connectivity index (χ2v) is 44.8. The van der Waals surface area contributed by atoms with Crippen LogP contribution in [0.4, 0.5) is 29.1 Å². The molecule has 14 heterocycles. The fourth-order valence-corrected chi connectivity index (χ4v) is 22.8. The monoisotopic (exact) mass is 2140 g/mol. The number of hydrogen-bond donors (Lipinski definition) is 12. The molecule has 8 aromatic heterocycles. The fourth-order valence-electron chi connectivity index (χ4n) is 15.9. The molecule has 66 heteroatoms. The van der Waals surface area contributed by atoms with Gasteiger partial charge in [0.05, 0.1) is 117 Å². The van der Waals surface area contributed by atoms with Crippen molar-refractivity contribution in [3.63, 3.8) is 0 Å². The molecule has 0 amide bonds. The zero-order valence-electron chi connectivity index (χ0n) is 75.5. The number of nitrogens with zero attached hydrogens (tertiary/aromatic N) is 15. The number of ether oxygens (including phenoxy) is 14. The number of aryl methyl sites for hydroxylation is 4. The van der Waals surface area contributed by atoms with Crippen LogP contribution in [0.15, 0.2) is 74.1 Å². The van der Waals surface area contributed by atoms with Crippen molar-refractivity contribution in [1.82, 2.24) is 77.2 Å². The van der Waals surface area contributed by atoms with Crippen molar-refractivity contribution in [2.45, 2.75) is 189 Å². The molecule has 16 N–H and O–H groups in total. The summed E-state index contributed by atoms with van der Waals surface area (Å²) in [4.78, 5) is 156. The number of methoxy groups -OCH3 is 4. The Morgan fingerprint density at radius 1 is 0.424 bits per heavy atom. The highest BCUT2D eigenvalue weighted by Gasteiger charge is 2.57. The van der Waals surface area contributed by atoms with E-state index in [2.05, 4.69) is 62.1 Å². The number of aromatic nitrogens is 16. The van der Waals surface area contributed by atoms with Crippen molar-refractivity contribution in [3.05, 3.63) is 125 Å². The standard InChI is InChI=1S/C73H106N21O36P5S4/c1-10-38-39(19-46(120-38)89-21-34(2)58(74)85-70(89)97)126-132(103,136)116-25-41-40(20-47(121-41)90-24-37(5)65(96)88-73(90)100)127-133(104,137)118-28-44-51(55(112-16-12-108-7)68(124-44)93-32-83-48-61(77)79-30-81-63(48)93)128-131(101,102)115-27-43-52(56(113-17-13-109-8)67(123-43)92-23-36(4)60(76)87-72(92)99)129-135(106,139)119-29-45-53(57(114-18-14-110-9)69(125-45)94-33-84-49-62(78)80-31-82-64(49)94)130-134(105,138)117-26-42-50(95)54(111-15-11-107-6)66(122-42)91-22-35(3)59(75)86-71(91)98/h21-24,30-33,38-47,50-57,66-69,95H,10-20,25-29H2,1-9H3,(H,101,102)(H,103,136)(H,104,137)(H,105,138)(H,106,139)(H2,74,85,97)(H2,75,86,98)(H2,76,87,99)(H2,77,79,81)(H2,78,80,82)(H,88,96,100)/t38-,39?,40?,41-,42-,43-,44-,45-,46-,47-,50?,51?,52?,53?,54+,55+,56+,57+,66-,67-,68-,69-,132?,133?,134?,135?/m1/s1. The van der Waals surface area contributed by atoms with Crippen LogP contribution in [0.25, 0.3) is 22.3 Å². The van der Waals surface area contributed by atoms with Gasteiger partial charge in [-0.05, 0) is 69.5 Å². The highest BCUT2D eigenvalue weighted by Crippen LogP contribution is 2.60. The summed E-state index contributed by atoms with van der Waals surface area (Å²) in [5, 5.41) is 11.8. The topological polar surface area (TPSA) is 734 Å². The molecule has 0 saturated carbocycles. The molecule has 6 fully saturated rings. The minimum atomic E-state index is -5.80. The summed E-state index contributed by atoms with van der Waals surface area (Å²) in [6.45, 7) is -16.8. The lowest BCUT2D eigenvalue weighted by Crippen LogP contribution is -2.41. The quantitative estimate of drug-likeness (QED) is 0.0136. The van der Waals surface area contributed by atoms with Crippen LogP contribution in [-0.4, -0.2) is 314 Å². The number of aromatic amines is 1. The SMILES string of the molecule is CC[C@H]1O[C@@H](n2cc(C)c(N)nc2=O)CC1OP(=O)(S)OC[C@H]1O[C@@H](n2cc(C)c(=O)[nH]c2=O)CC1OP(O)(=S)OC[C@H]1O[C@@H](n2cnc3c(N)ncnc32)[C@@H](OCCOC)C1OP(=O)(O)OC[C@H]1O[C@@H](n2cc(C)c(N)nc2=O)[C@@H](OCCOC)C1OP(O)(=S)OC[C@H]1O[C@@H](n2cnc3c(N)ncnc32)[C@@H](OCCOC)C1OP(O)(=S)OC[C@H]1O[C@@H](n2cc(C)c(N)nc2=O)[C@@H](OCCOC)C1O. The lowest BCUT2D eigenvalue weighted by atomic mass is 10.1. The molecular formula is C73H106N21O36P5S4. The Hall–Kier alpha value is -6.98. The van der Waals surface area contributed by atoms with Crippen molar-refractivity contribution in [2.24, 2.45) is 0 Å². The predicted octanol–water partition coefficient (Wildman–Crippen LogP) is -0.00862. The summed E-state index contributed by atoms with van der Waals surface area (Å²) in [5.41, 5.74) is 27.7. The molecule has 8 aromatic rings. The number of phosphoric acid groups is 1. The van der Waals surface area contributed by atoms with Gasteiger partial charge in [0, 0.05) is 88.3 Å². The molecule has 0 aromatic carbocycles. The number of nitrogen functional groups attached to an aromatic ring is 5. The zero-order valence-corrected chi connectivity index (χ0v) is 83.3. The normalized spacial score (nSPS) is 29.4. The maximum Gasteiger partial charge on any atom is 0.472 e. The van der Waals surface area contributed by atoms with Crippen molar-refractivity contribution in [1.29, 1.82) is 0 Å². The van der Waals surface area contributed by atoms with Gasteiger partial charge >= 0.3 is 57.5 Å². The number of nitrogens with one attached hydrogen (secondary N) is 1. The minimum Gasteiger partial charge on any atom is -0.387 e. The van der Waals surface area contributed by atoms with Gasteiger partial charge in [0.25, 0.3) is 5.56 Å². The largest absolute Gasteiger partial charge is 0.472 e. The molecule has 139 heavy (non-hydrogen) atoms. The Labute approximate surface area is 808 Å². The summed E-state index contributed by atoms with van der Waals surface area (Å²) in [5.74, 6) is -0.380. The van der Waals surface area contributed by atoms with Crippen LogP contribution in [0, 0.1) is 27.7 Å². The second kappa shape index (κ2) is 46.2. The van der Waals surface area contributed by atoms with E-state index in [1.54, 1.807) is 20.8 Å². The maximum atomic E-state index is 15.4. The Balaban J connectivity index is 0.741. The third kappa shape index (κ3) is 25.6. The Kier molecular flexibility index (Phi) is 35.8. The van der Waals surface area contributed by atoms with Gasteiger partial charge in [-0.15, -0.1) is 0 Å². The van der Waals surface area contributed by atoms with E-state index in [-0.39, 0.29) is 128 Å². The summed E-state index contributed by atoms with van der Waals surface area (Å²) < 4.78 is 183. The van der Waals surface area contributed by atoms with E-state index in [0.717, 1.165) is 26.4 Å². The first-order valence-corrected chi connectivity index (χ1v) is 54.5. The van der Waals surface area contributed by atoms with Gasteiger partial charge in [-0.3, -0.25) is 64.3 Å². The van der Waals surface area contributed by atoms with Crippen LogP contribution >= 0.6 is 47.0 Å². The summed E-state index contributed by atoms with van der Waals surface area (Å²) in [6, 6.07) is 0. The third-order valence-electron chi connectivity index (χ3n) is 22.8. The van der Waals surface area contributed by atoms with E-state index in [4.69, 9.17) is 176 Å². The molecule has 0 radical (unpaired) electrons. The fraction of sp³-hybridized carbons (Fsp3) is 0.644. The van der Waals surface area contributed by atoms with Gasteiger partial charge in [0.15, 0.2) is 47.8 Å². The summed E-state index contributed by atoms with van der Waals surface area (Å²) in [7, 11) is -0.291. The van der Waals surface area contributed by atoms with Gasteiger partial charge in [0.2, 0.25) is 0 Å². The van der Waals surface area contributed by atoms with Crippen molar-refractivity contribution >= 4 is 134 Å². The summed E-state index contributed by atoms with van der Waals surface area (Å²) in [6.07, 6.45) is -22.6. The number of anilines is 5. The van der Waals surface area contributed by atoms with Crippen molar-refractivity contribution in [3.8, 4) is 0 Å². The van der Waals surface area contributed by atoms with Gasteiger partial charge in [-0.2, -0.15) is 15.0 Å². The van der Waals surface area contributed by atoms with E-state index < -0.39 is 231 Å². The Bertz CT molecular complexity index is 6240. The van der Waals surface area contributed by atoms with Crippen LogP contribution in [0.1, 0.15) is 85.8 Å². The molecule has 27 atom stereocenters. The molecule has 0 aliphatic carbocycles. The molecular weight excluding hydrogens is 2030 g/mol. The number of aliphatic hydroxyl groups excluding tert-OH is 1. The van der Waals surface area contributed by atoms with Crippen LogP contribution in [0.2, 0.25) is 0 Å². The molecule has 0 bridgehead atoms. The number of phosphoric ester groups is 1. The number of aliphatic hydroxyl groups is 1. The molecule has 6 aliphatic rings. The molecule has 6 aliphatic heterocycles. The first-order chi connectivity index (χ1) is 66.0. The smallest absolute Gasteiger partial charge is 0.387 e. The predicted molar refractivity (Wildman–Crippen MR) is 494 cm³/mol. The molecule has 14 rings (SSSR count). The Morgan fingerprint density at radius 2 is 0.791 bits per heavy atom. The van der Waals surface area contributed by atoms with Crippen LogP contribution in [-0.2, 0) is 156 Å². The van der Waals surface area contributed by atoms with Crippen LogP contribution in [0.3, 0.4) is 0 Å². The van der Waals surface area contributed by atoms with E-state index in [0.29, 0.717) is 17.5 Å². The van der Waals surface area contributed by atoms with Crippen LogP contribution in [0.5, 0.6) is 0 Å². The van der Waals surface area contributed by atoms with Crippen LogP contribution < -0.4 is 57.0 Å². The maximum absolute atomic E-state index is 15.4. The molecule has 11 unspecified atom stereocenters. The number of H-pyrrole nitrogens is 1. The molecule has 6 saturated heterocycles. The van der Waals surface area contributed by atoms with Gasteiger partial charge in [-0.25, -0.2) is 58.2 Å². The van der Waals surface area contributed by atoms with E-state index in [1.807, 2.05) is 0 Å². The second-order valence-electron chi connectivity index (χ2n) is 32.2. The van der Waals surface area contributed by atoms with Gasteiger partial charge in [-0.1, -0.05) is 19.2 Å². The number of imidazole rings is 2. The van der Waals surface area contributed by atoms with Gasteiger partial charge < -0.3 is 138 Å².